The van der Waals surface area contributed by atoms with Crippen molar-refractivity contribution in [1.29, 1.82) is 0 Å². The predicted octanol–water partition coefficient (Wildman–Crippen LogP) is 1.97. The zero-order valence-electron chi connectivity index (χ0n) is 12.6. The molecule has 1 aliphatic rings. The normalized spacial score (nSPS) is 24.6. The number of aliphatic hydroxyl groups is 1. The number of carbonyl (C=O) groups excluding carboxylic acids is 1. The van der Waals surface area contributed by atoms with E-state index in [-0.39, 0.29) is 18.1 Å². The smallest absolute Gasteiger partial charge is 0.251 e. The first-order valence-electron chi connectivity index (χ1n) is 7.07. The second-order valence-corrected chi connectivity index (χ2v) is 5.70. The van der Waals surface area contributed by atoms with Gasteiger partial charge in [0.15, 0.2) is 0 Å². The minimum atomic E-state index is -0.963. The molecule has 0 bridgehead atoms. The van der Waals surface area contributed by atoms with E-state index in [0.717, 1.165) is 5.56 Å². The fourth-order valence-electron chi connectivity index (χ4n) is 2.60. The molecule has 1 N–H and O–H groups in total. The van der Waals surface area contributed by atoms with Gasteiger partial charge in [-0.1, -0.05) is 23.8 Å². The van der Waals surface area contributed by atoms with E-state index in [2.05, 4.69) is 25.1 Å². The first-order valence-corrected chi connectivity index (χ1v) is 7.07. The maximum atomic E-state index is 12.1. The summed E-state index contributed by atoms with van der Waals surface area (Å²) < 4.78 is 5.90. The summed E-state index contributed by atoms with van der Waals surface area (Å²) in [5.74, 6) is -0.226. The molecule has 1 aromatic carbocycles. The third kappa shape index (κ3) is 3.02. The summed E-state index contributed by atoms with van der Waals surface area (Å²) in [7, 11) is 0. The van der Waals surface area contributed by atoms with E-state index in [9.17, 15) is 9.90 Å². The highest BCUT2D eigenvalue weighted by Gasteiger charge is 2.32. The van der Waals surface area contributed by atoms with Crippen LogP contribution in [-0.2, 0) is 9.53 Å². The number of carbonyl (C=O) groups is 1. The molecule has 1 aromatic rings. The van der Waals surface area contributed by atoms with Crippen molar-refractivity contribution in [2.24, 2.45) is 0 Å². The Bertz CT molecular complexity index is 498. The number of aryl methyl sites for hydroxylation is 2. The maximum absolute atomic E-state index is 12.1. The van der Waals surface area contributed by atoms with Crippen molar-refractivity contribution in [2.75, 3.05) is 13.2 Å². The van der Waals surface area contributed by atoms with Gasteiger partial charge in [0, 0.05) is 0 Å². The Balaban J connectivity index is 2.22. The molecule has 0 saturated carbocycles. The Labute approximate surface area is 120 Å². The molecule has 1 amide bonds. The molecule has 3 unspecified atom stereocenters. The van der Waals surface area contributed by atoms with E-state index in [0.29, 0.717) is 13.2 Å². The summed E-state index contributed by atoms with van der Waals surface area (Å²) >= 11 is 0. The van der Waals surface area contributed by atoms with Gasteiger partial charge in [0.05, 0.1) is 19.2 Å². The first-order chi connectivity index (χ1) is 9.40. The number of morpholine rings is 1. The summed E-state index contributed by atoms with van der Waals surface area (Å²) in [5.41, 5.74) is 3.47. The number of hydrogen-bond donors (Lipinski definition) is 1. The Kier molecular flexibility index (Phi) is 4.45. The molecule has 1 aliphatic heterocycles. The average molecular weight is 277 g/mol. The molecular formula is C16H23NO3. The molecule has 2 rings (SSSR count). The molecule has 4 nitrogen and oxygen atoms in total. The number of aliphatic hydroxyl groups excluding tert-OH is 1. The van der Waals surface area contributed by atoms with Crippen LogP contribution in [0.5, 0.6) is 0 Å². The predicted molar refractivity (Wildman–Crippen MR) is 77.5 cm³/mol. The summed E-state index contributed by atoms with van der Waals surface area (Å²) in [6, 6.07) is 6.26. The van der Waals surface area contributed by atoms with Gasteiger partial charge in [0.2, 0.25) is 0 Å². The lowest BCUT2D eigenvalue weighted by molar-refractivity contribution is -0.152. The second-order valence-electron chi connectivity index (χ2n) is 5.70. The highest BCUT2D eigenvalue weighted by atomic mass is 16.5. The number of benzene rings is 1. The minimum absolute atomic E-state index is 0.00142. The minimum Gasteiger partial charge on any atom is -0.384 e. The van der Waals surface area contributed by atoms with Gasteiger partial charge < -0.3 is 14.7 Å². The van der Waals surface area contributed by atoms with E-state index in [1.54, 1.807) is 4.90 Å². The molecule has 1 fully saturated rings. The molecule has 1 heterocycles. The second kappa shape index (κ2) is 5.94. The van der Waals surface area contributed by atoms with Gasteiger partial charge in [-0.2, -0.15) is 0 Å². The Morgan fingerprint density at radius 1 is 1.45 bits per heavy atom. The quantitative estimate of drug-likeness (QED) is 0.899. The van der Waals surface area contributed by atoms with Crippen LogP contribution < -0.4 is 0 Å². The highest BCUT2D eigenvalue weighted by Crippen LogP contribution is 2.28. The Morgan fingerprint density at radius 3 is 2.80 bits per heavy atom. The number of nitrogens with zero attached hydrogens (tertiary/aromatic N) is 1. The molecule has 20 heavy (non-hydrogen) atoms. The molecular weight excluding hydrogens is 254 g/mol. The van der Waals surface area contributed by atoms with Crippen molar-refractivity contribution < 1.29 is 14.6 Å². The topological polar surface area (TPSA) is 49.8 Å². The van der Waals surface area contributed by atoms with E-state index < -0.39 is 6.10 Å². The fraction of sp³-hybridized carbons (Fsp3) is 0.562. The lowest BCUT2D eigenvalue weighted by Gasteiger charge is -2.39. The number of ether oxygens (including phenoxy) is 1. The Morgan fingerprint density at radius 2 is 2.15 bits per heavy atom. The van der Waals surface area contributed by atoms with Gasteiger partial charge in [-0.3, -0.25) is 4.79 Å². The van der Waals surface area contributed by atoms with Crippen LogP contribution in [-0.4, -0.2) is 41.2 Å². The third-order valence-corrected chi connectivity index (χ3v) is 3.86. The van der Waals surface area contributed by atoms with Gasteiger partial charge in [-0.05, 0) is 38.8 Å². The summed E-state index contributed by atoms with van der Waals surface area (Å²) in [5, 5.41) is 9.51. The van der Waals surface area contributed by atoms with E-state index in [4.69, 9.17) is 4.74 Å². The standard InChI is InChI=1S/C16H23NO3/c1-10-5-6-11(2)14(7-10)15-8-17(12(3)9-20-15)16(19)13(4)18/h5-7,12-13,15,18H,8-9H2,1-4H3. The van der Waals surface area contributed by atoms with Gasteiger partial charge in [0.1, 0.15) is 12.2 Å². The number of rotatable bonds is 2. The fourth-order valence-corrected chi connectivity index (χ4v) is 2.60. The number of hydrogen-bond acceptors (Lipinski definition) is 3. The molecule has 0 radical (unpaired) electrons. The van der Waals surface area contributed by atoms with Gasteiger partial charge in [-0.25, -0.2) is 0 Å². The third-order valence-electron chi connectivity index (χ3n) is 3.86. The maximum Gasteiger partial charge on any atom is 0.251 e. The summed E-state index contributed by atoms with van der Waals surface area (Å²) in [6.45, 7) is 8.55. The zero-order valence-corrected chi connectivity index (χ0v) is 12.6. The first kappa shape index (κ1) is 15.0. The molecule has 3 atom stereocenters. The van der Waals surface area contributed by atoms with Crippen LogP contribution in [0.25, 0.3) is 0 Å². The van der Waals surface area contributed by atoms with Crippen LogP contribution in [0.4, 0.5) is 0 Å². The zero-order chi connectivity index (χ0) is 14.9. The van der Waals surface area contributed by atoms with Crippen molar-refractivity contribution in [3.05, 3.63) is 34.9 Å². The van der Waals surface area contributed by atoms with Crippen LogP contribution >= 0.6 is 0 Å². The largest absolute Gasteiger partial charge is 0.384 e. The van der Waals surface area contributed by atoms with Crippen LogP contribution in [0.1, 0.15) is 36.6 Å². The van der Waals surface area contributed by atoms with Crippen LogP contribution in [0.2, 0.25) is 0 Å². The lowest BCUT2D eigenvalue weighted by atomic mass is 9.98. The van der Waals surface area contributed by atoms with Gasteiger partial charge in [0.25, 0.3) is 5.91 Å². The molecule has 1 saturated heterocycles. The molecule has 0 aromatic heterocycles. The monoisotopic (exact) mass is 277 g/mol. The van der Waals surface area contributed by atoms with E-state index in [1.807, 2.05) is 13.8 Å². The lowest BCUT2D eigenvalue weighted by Crippen LogP contribution is -2.51. The highest BCUT2D eigenvalue weighted by molar-refractivity contribution is 5.80. The average Bonchev–Trinajstić information content (AvgIpc) is 2.41. The van der Waals surface area contributed by atoms with E-state index >= 15 is 0 Å². The van der Waals surface area contributed by atoms with Gasteiger partial charge >= 0.3 is 0 Å². The van der Waals surface area contributed by atoms with Crippen LogP contribution in [0, 0.1) is 13.8 Å². The van der Waals surface area contributed by atoms with Crippen molar-refractivity contribution in [3.8, 4) is 0 Å². The molecule has 0 spiro atoms. The van der Waals surface area contributed by atoms with Crippen LogP contribution in [0.3, 0.4) is 0 Å². The SMILES string of the molecule is Cc1ccc(C)c(C2CN(C(=O)C(C)O)C(C)CO2)c1. The summed E-state index contributed by atoms with van der Waals surface area (Å²) in [6.07, 6.45) is -1.08. The van der Waals surface area contributed by atoms with Crippen LogP contribution in [0.15, 0.2) is 18.2 Å². The molecule has 110 valence electrons. The number of amides is 1. The van der Waals surface area contributed by atoms with E-state index in [1.165, 1.54) is 18.1 Å². The van der Waals surface area contributed by atoms with Crippen molar-refractivity contribution in [2.45, 2.75) is 45.9 Å². The van der Waals surface area contributed by atoms with Crippen molar-refractivity contribution in [1.82, 2.24) is 4.90 Å². The molecule has 4 heteroatoms. The Hall–Kier alpha value is -1.39. The van der Waals surface area contributed by atoms with Gasteiger partial charge in [-0.15, -0.1) is 0 Å². The molecule has 0 aliphatic carbocycles. The van der Waals surface area contributed by atoms with Crippen molar-refractivity contribution >= 4 is 5.91 Å². The summed E-state index contributed by atoms with van der Waals surface area (Å²) in [4.78, 5) is 13.8. The van der Waals surface area contributed by atoms with Crippen molar-refractivity contribution in [3.63, 3.8) is 0 Å².